The van der Waals surface area contributed by atoms with Gasteiger partial charge in [-0.05, 0) is 44.9 Å². The number of pyridine rings is 1. The van der Waals surface area contributed by atoms with Gasteiger partial charge in [-0.3, -0.25) is 9.78 Å². The van der Waals surface area contributed by atoms with Gasteiger partial charge in [0.1, 0.15) is 5.69 Å². The Morgan fingerprint density at radius 2 is 2.33 bits per heavy atom. The number of hydrogen-bond donors (Lipinski definition) is 2. The van der Waals surface area contributed by atoms with E-state index in [0.717, 1.165) is 18.7 Å². The number of aromatic nitrogens is 1. The number of carbonyl (C=O) groups excluding carboxylic acids is 1. The minimum atomic E-state index is -0.0983. The summed E-state index contributed by atoms with van der Waals surface area (Å²) in [7, 11) is 1.83. The topological polar surface area (TPSA) is 57.3 Å². The molecule has 1 aromatic rings. The van der Waals surface area contributed by atoms with Gasteiger partial charge >= 0.3 is 0 Å². The van der Waals surface area contributed by atoms with Crippen molar-refractivity contribution in [3.05, 3.63) is 24.0 Å². The monoisotopic (exact) mass is 290 g/mol. The van der Waals surface area contributed by atoms with E-state index in [1.165, 1.54) is 25.8 Å². The van der Waals surface area contributed by atoms with Crippen molar-refractivity contribution >= 4 is 11.6 Å². The summed E-state index contributed by atoms with van der Waals surface area (Å²) < 4.78 is 0. The van der Waals surface area contributed by atoms with E-state index in [1.807, 2.05) is 13.1 Å². The van der Waals surface area contributed by atoms with Crippen LogP contribution in [0.4, 0.5) is 5.69 Å². The van der Waals surface area contributed by atoms with Gasteiger partial charge in [-0.2, -0.15) is 0 Å². The maximum atomic E-state index is 12.0. The van der Waals surface area contributed by atoms with Crippen LogP contribution in [0.15, 0.2) is 18.3 Å². The molecular weight excluding hydrogens is 264 g/mol. The van der Waals surface area contributed by atoms with Crippen LogP contribution in [0.5, 0.6) is 0 Å². The molecule has 1 saturated heterocycles. The van der Waals surface area contributed by atoms with E-state index in [1.54, 1.807) is 12.3 Å². The first kappa shape index (κ1) is 15.8. The molecule has 0 saturated carbocycles. The summed E-state index contributed by atoms with van der Waals surface area (Å²) in [5.41, 5.74) is 1.37. The fourth-order valence-electron chi connectivity index (χ4n) is 2.77. The molecule has 5 heteroatoms. The van der Waals surface area contributed by atoms with Crippen molar-refractivity contribution in [2.75, 3.05) is 32.0 Å². The molecule has 1 atom stereocenters. The van der Waals surface area contributed by atoms with Crippen LogP contribution in [0.25, 0.3) is 0 Å². The lowest BCUT2D eigenvalue weighted by atomic mass is 10.0. The highest BCUT2D eigenvalue weighted by atomic mass is 16.1. The molecule has 2 heterocycles. The first-order chi connectivity index (χ1) is 10.2. The molecule has 1 aromatic heterocycles. The van der Waals surface area contributed by atoms with E-state index >= 15 is 0 Å². The second-order valence-electron chi connectivity index (χ2n) is 5.67. The van der Waals surface area contributed by atoms with Gasteiger partial charge in [0, 0.05) is 38.1 Å². The van der Waals surface area contributed by atoms with Gasteiger partial charge in [-0.15, -0.1) is 0 Å². The maximum Gasteiger partial charge on any atom is 0.269 e. The first-order valence-corrected chi connectivity index (χ1v) is 7.87. The van der Waals surface area contributed by atoms with E-state index in [4.69, 9.17) is 0 Å². The molecule has 0 aliphatic carbocycles. The number of carbonyl (C=O) groups is 1. The Labute approximate surface area is 127 Å². The Morgan fingerprint density at radius 3 is 3.10 bits per heavy atom. The molecule has 0 aromatic carbocycles. The summed E-state index contributed by atoms with van der Waals surface area (Å²) in [6, 6.07) is 4.29. The van der Waals surface area contributed by atoms with Crippen LogP contribution in [0.1, 0.15) is 43.1 Å². The molecule has 0 radical (unpaired) electrons. The van der Waals surface area contributed by atoms with Crippen molar-refractivity contribution in [3.8, 4) is 0 Å². The van der Waals surface area contributed by atoms with E-state index in [-0.39, 0.29) is 5.91 Å². The van der Waals surface area contributed by atoms with Gasteiger partial charge in [0.25, 0.3) is 5.91 Å². The lowest BCUT2D eigenvalue weighted by Crippen LogP contribution is -2.39. The van der Waals surface area contributed by atoms with Gasteiger partial charge < -0.3 is 15.5 Å². The summed E-state index contributed by atoms with van der Waals surface area (Å²) >= 11 is 0. The van der Waals surface area contributed by atoms with E-state index in [2.05, 4.69) is 27.4 Å². The molecular formula is C16H26N4O. The Hall–Kier alpha value is -1.62. The van der Waals surface area contributed by atoms with Crippen LogP contribution in [0.2, 0.25) is 0 Å². The summed E-state index contributed by atoms with van der Waals surface area (Å²) in [6.45, 7) is 5.25. The predicted octanol–water partition coefficient (Wildman–Crippen LogP) is 2.12. The summed E-state index contributed by atoms with van der Waals surface area (Å²) in [6.07, 6.45) is 6.59. The van der Waals surface area contributed by atoms with Crippen molar-refractivity contribution in [1.29, 1.82) is 0 Å². The molecule has 2 rings (SSSR count). The van der Waals surface area contributed by atoms with Crippen LogP contribution in [0.3, 0.4) is 0 Å². The second-order valence-corrected chi connectivity index (χ2v) is 5.67. The fourth-order valence-corrected chi connectivity index (χ4v) is 2.77. The lowest BCUT2D eigenvalue weighted by Gasteiger charge is -2.33. The highest BCUT2D eigenvalue weighted by molar-refractivity contribution is 5.93. The van der Waals surface area contributed by atoms with Gasteiger partial charge in [0.15, 0.2) is 0 Å². The number of nitrogens with zero attached hydrogens (tertiary/aromatic N) is 2. The minimum absolute atomic E-state index is 0.0983. The van der Waals surface area contributed by atoms with Crippen LogP contribution < -0.4 is 10.6 Å². The largest absolute Gasteiger partial charge is 0.388 e. The Kier molecular flexibility index (Phi) is 5.99. The minimum Gasteiger partial charge on any atom is -0.388 e. The summed E-state index contributed by atoms with van der Waals surface area (Å²) in [5.74, 6) is -0.0983. The van der Waals surface area contributed by atoms with Crippen molar-refractivity contribution in [3.63, 3.8) is 0 Å². The van der Waals surface area contributed by atoms with Crippen molar-refractivity contribution in [2.24, 2.45) is 0 Å². The number of rotatable bonds is 6. The fraction of sp³-hybridized carbons (Fsp3) is 0.625. The van der Waals surface area contributed by atoms with Crippen LogP contribution in [-0.4, -0.2) is 48.5 Å². The predicted molar refractivity (Wildman–Crippen MR) is 85.6 cm³/mol. The number of amides is 1. The highest BCUT2D eigenvalue weighted by Gasteiger charge is 2.17. The zero-order chi connectivity index (χ0) is 15.1. The summed E-state index contributed by atoms with van der Waals surface area (Å²) in [5, 5.41) is 5.96. The first-order valence-electron chi connectivity index (χ1n) is 7.87. The Balaban J connectivity index is 1.71. The second kappa shape index (κ2) is 7.98. The molecule has 5 nitrogen and oxygen atoms in total. The van der Waals surface area contributed by atoms with Crippen LogP contribution >= 0.6 is 0 Å². The number of anilines is 1. The number of hydrogen-bond acceptors (Lipinski definition) is 4. The Bertz CT molecular complexity index is 463. The molecule has 1 amide bonds. The average Bonchev–Trinajstić information content (AvgIpc) is 2.53. The third-order valence-electron chi connectivity index (χ3n) is 4.13. The third kappa shape index (κ3) is 4.70. The molecule has 1 aliphatic rings. The number of nitrogens with one attached hydrogen (secondary N) is 2. The van der Waals surface area contributed by atoms with E-state index in [9.17, 15) is 4.79 Å². The van der Waals surface area contributed by atoms with Crippen LogP contribution in [-0.2, 0) is 0 Å². The SMILES string of the molecule is CNc1ccnc(C(=O)NCCCN2CCCCC2C)c1. The molecule has 116 valence electrons. The molecule has 1 aliphatic heterocycles. The molecule has 1 unspecified atom stereocenters. The molecule has 1 fully saturated rings. The van der Waals surface area contributed by atoms with Crippen molar-refractivity contribution in [2.45, 2.75) is 38.6 Å². The quantitative estimate of drug-likeness (QED) is 0.788. The molecule has 0 bridgehead atoms. The van der Waals surface area contributed by atoms with Gasteiger partial charge in [-0.25, -0.2) is 0 Å². The van der Waals surface area contributed by atoms with Crippen molar-refractivity contribution < 1.29 is 4.79 Å². The standard InChI is InChI=1S/C16H26N4O/c1-13-6-3-4-10-20(13)11-5-8-19-16(21)15-12-14(17-2)7-9-18-15/h7,9,12-13H,3-6,8,10-11H2,1-2H3,(H,17,18)(H,19,21). The van der Waals surface area contributed by atoms with Gasteiger partial charge in [-0.1, -0.05) is 6.42 Å². The smallest absolute Gasteiger partial charge is 0.269 e. The van der Waals surface area contributed by atoms with Crippen molar-refractivity contribution in [1.82, 2.24) is 15.2 Å². The highest BCUT2D eigenvalue weighted by Crippen LogP contribution is 2.16. The average molecular weight is 290 g/mol. The molecule has 2 N–H and O–H groups in total. The maximum absolute atomic E-state index is 12.0. The zero-order valence-electron chi connectivity index (χ0n) is 13.1. The zero-order valence-corrected chi connectivity index (χ0v) is 13.1. The third-order valence-corrected chi connectivity index (χ3v) is 4.13. The normalized spacial score (nSPS) is 19.2. The summed E-state index contributed by atoms with van der Waals surface area (Å²) in [4.78, 5) is 18.6. The molecule has 0 spiro atoms. The van der Waals surface area contributed by atoms with Gasteiger partial charge in [0.2, 0.25) is 0 Å². The Morgan fingerprint density at radius 1 is 1.48 bits per heavy atom. The number of likely N-dealkylation sites (tertiary alicyclic amines) is 1. The van der Waals surface area contributed by atoms with Gasteiger partial charge in [0.05, 0.1) is 0 Å². The van der Waals surface area contributed by atoms with E-state index in [0.29, 0.717) is 18.3 Å². The lowest BCUT2D eigenvalue weighted by molar-refractivity contribution is 0.0944. The van der Waals surface area contributed by atoms with Crippen LogP contribution in [0, 0.1) is 0 Å². The van der Waals surface area contributed by atoms with E-state index < -0.39 is 0 Å². The number of piperidine rings is 1. The molecule has 21 heavy (non-hydrogen) atoms.